The SMILES string of the molecule is Cn1ccnc1C1CCC(N2C[C@@H]3C(C(=O)CCC(=O)Nc4cccc(C(C)(F)F)c4)[C@@H]3C2)CC1. The van der Waals surface area contributed by atoms with E-state index >= 15 is 0 Å². The normalized spacial score (nSPS) is 28.5. The zero-order valence-electron chi connectivity index (χ0n) is 20.4. The van der Waals surface area contributed by atoms with Gasteiger partial charge in [-0.25, -0.2) is 13.8 Å². The second kappa shape index (κ2) is 9.45. The maximum absolute atomic E-state index is 13.5. The fourth-order valence-corrected chi connectivity index (χ4v) is 6.30. The molecule has 8 heteroatoms. The topological polar surface area (TPSA) is 67.2 Å². The van der Waals surface area contributed by atoms with Crippen molar-refractivity contribution in [2.75, 3.05) is 18.4 Å². The molecule has 188 valence electrons. The van der Waals surface area contributed by atoms with Gasteiger partial charge >= 0.3 is 0 Å². The molecule has 3 atom stereocenters. The summed E-state index contributed by atoms with van der Waals surface area (Å²) in [4.78, 5) is 32.1. The summed E-state index contributed by atoms with van der Waals surface area (Å²) in [5.74, 6) is -0.420. The number of ketones is 1. The highest BCUT2D eigenvalue weighted by atomic mass is 19.3. The number of nitrogens with one attached hydrogen (secondary N) is 1. The maximum atomic E-state index is 13.5. The summed E-state index contributed by atoms with van der Waals surface area (Å²) in [5.41, 5.74) is 0.185. The molecule has 1 aliphatic heterocycles. The van der Waals surface area contributed by atoms with Crippen molar-refractivity contribution in [3.63, 3.8) is 0 Å². The zero-order valence-corrected chi connectivity index (χ0v) is 20.4. The maximum Gasteiger partial charge on any atom is 0.270 e. The standard InChI is InChI=1S/C27H34F2N4O2/c1-27(28,29)18-4-3-5-19(14-18)31-24(35)11-10-23(34)25-21-15-33(16-22(21)25)20-8-6-17(7-9-20)26-30-12-13-32(26)2/h3-5,12-14,17,20-22,25H,6-11,15-16H2,1-2H3,(H,31,35)/t17?,20?,21-,22+,25?. The zero-order chi connectivity index (χ0) is 24.7. The lowest BCUT2D eigenvalue weighted by atomic mass is 9.84. The Morgan fingerprint density at radius 3 is 2.46 bits per heavy atom. The van der Waals surface area contributed by atoms with Crippen LogP contribution in [0.4, 0.5) is 14.5 Å². The van der Waals surface area contributed by atoms with Crippen LogP contribution >= 0.6 is 0 Å². The molecule has 3 fully saturated rings. The smallest absolute Gasteiger partial charge is 0.270 e. The molecule has 0 spiro atoms. The van der Waals surface area contributed by atoms with Crippen LogP contribution in [0.5, 0.6) is 0 Å². The molecular formula is C27H34F2N4O2. The summed E-state index contributed by atoms with van der Waals surface area (Å²) in [6, 6.07) is 6.30. The number of fused-ring (bicyclic) bond motifs is 1. The van der Waals surface area contributed by atoms with Gasteiger partial charge in [0.1, 0.15) is 11.6 Å². The van der Waals surface area contributed by atoms with Gasteiger partial charge in [-0.3, -0.25) is 14.5 Å². The van der Waals surface area contributed by atoms with E-state index in [1.54, 1.807) is 6.07 Å². The molecule has 1 unspecified atom stereocenters. The quantitative estimate of drug-likeness (QED) is 0.589. The van der Waals surface area contributed by atoms with Crippen LogP contribution < -0.4 is 5.32 Å². The first-order valence-electron chi connectivity index (χ1n) is 12.7. The molecule has 5 rings (SSSR count). The lowest BCUT2D eigenvalue weighted by Crippen LogP contribution is -2.38. The van der Waals surface area contributed by atoms with Crippen molar-refractivity contribution in [1.29, 1.82) is 0 Å². The van der Waals surface area contributed by atoms with Crippen molar-refractivity contribution >= 4 is 17.4 Å². The first-order chi connectivity index (χ1) is 16.7. The van der Waals surface area contributed by atoms with Gasteiger partial charge in [-0.1, -0.05) is 12.1 Å². The Morgan fingerprint density at radius 2 is 1.83 bits per heavy atom. The Morgan fingerprint density at radius 1 is 1.11 bits per heavy atom. The largest absolute Gasteiger partial charge is 0.338 e. The Balaban J connectivity index is 1.04. The summed E-state index contributed by atoms with van der Waals surface area (Å²) in [6.45, 7) is 2.81. The number of carbonyl (C=O) groups excluding carboxylic acids is 2. The fraction of sp³-hybridized carbons (Fsp3) is 0.593. The van der Waals surface area contributed by atoms with Crippen molar-refractivity contribution < 1.29 is 18.4 Å². The molecule has 2 saturated carbocycles. The summed E-state index contributed by atoms with van der Waals surface area (Å²) >= 11 is 0. The van der Waals surface area contributed by atoms with Crippen molar-refractivity contribution in [3.05, 3.63) is 48.0 Å². The van der Waals surface area contributed by atoms with E-state index in [9.17, 15) is 18.4 Å². The van der Waals surface area contributed by atoms with Gasteiger partial charge < -0.3 is 9.88 Å². The van der Waals surface area contributed by atoms with Gasteiger partial charge in [0.2, 0.25) is 5.91 Å². The number of amides is 1. The van der Waals surface area contributed by atoms with E-state index in [-0.39, 0.29) is 36.0 Å². The highest BCUT2D eigenvalue weighted by Gasteiger charge is 2.59. The second-order valence-corrected chi connectivity index (χ2v) is 10.7. The van der Waals surface area contributed by atoms with Crippen molar-refractivity contribution in [3.8, 4) is 0 Å². The van der Waals surface area contributed by atoms with E-state index in [4.69, 9.17) is 0 Å². The number of rotatable bonds is 8. The van der Waals surface area contributed by atoms with E-state index in [1.165, 1.54) is 36.9 Å². The van der Waals surface area contributed by atoms with Gasteiger partial charge in [0.05, 0.1) is 0 Å². The number of hydrogen-bond acceptors (Lipinski definition) is 4. The van der Waals surface area contributed by atoms with E-state index < -0.39 is 5.92 Å². The Hall–Kier alpha value is -2.61. The van der Waals surface area contributed by atoms with Crippen LogP contribution in [0, 0.1) is 17.8 Å². The van der Waals surface area contributed by atoms with Gasteiger partial charge in [0.25, 0.3) is 5.92 Å². The third-order valence-corrected chi connectivity index (χ3v) is 8.28. The van der Waals surface area contributed by atoms with Gasteiger partial charge in [0.15, 0.2) is 0 Å². The molecule has 1 N–H and O–H groups in total. The number of carbonyl (C=O) groups is 2. The predicted molar refractivity (Wildman–Crippen MR) is 129 cm³/mol. The average Bonchev–Trinajstić information content (AvgIpc) is 3.12. The van der Waals surface area contributed by atoms with Gasteiger partial charge in [0, 0.05) is 81.4 Å². The molecule has 6 nitrogen and oxygen atoms in total. The summed E-state index contributed by atoms with van der Waals surface area (Å²) < 4.78 is 29.1. The van der Waals surface area contributed by atoms with Crippen molar-refractivity contribution in [2.45, 2.75) is 63.3 Å². The number of imidazole rings is 1. The van der Waals surface area contributed by atoms with Gasteiger partial charge in [-0.2, -0.15) is 0 Å². The number of Topliss-reactive ketones (excluding diaryl/α,β-unsaturated/α-hetero) is 1. The molecule has 1 aromatic carbocycles. The minimum absolute atomic E-state index is 0.0858. The summed E-state index contributed by atoms with van der Waals surface area (Å²) in [7, 11) is 2.06. The number of likely N-dealkylation sites (tertiary alicyclic amines) is 1. The number of anilines is 1. The predicted octanol–water partition coefficient (Wildman–Crippen LogP) is 4.72. The average molecular weight is 485 g/mol. The third kappa shape index (κ3) is 5.17. The fourth-order valence-electron chi connectivity index (χ4n) is 6.30. The van der Waals surface area contributed by atoms with Crippen LogP contribution in [0.2, 0.25) is 0 Å². The van der Waals surface area contributed by atoms with Crippen LogP contribution in [0.1, 0.15) is 62.8 Å². The molecule has 2 aromatic rings. The first-order valence-corrected chi connectivity index (χ1v) is 12.7. The summed E-state index contributed by atoms with van der Waals surface area (Å²) in [6.07, 6.45) is 8.88. The molecule has 1 amide bonds. The van der Waals surface area contributed by atoms with Crippen LogP contribution in [0.25, 0.3) is 0 Å². The van der Waals surface area contributed by atoms with Crippen molar-refractivity contribution in [2.24, 2.45) is 24.8 Å². The van der Waals surface area contributed by atoms with E-state index in [0.717, 1.165) is 32.9 Å². The molecule has 0 radical (unpaired) electrons. The van der Waals surface area contributed by atoms with E-state index in [2.05, 4.69) is 26.8 Å². The molecule has 35 heavy (non-hydrogen) atoms. The number of alkyl halides is 2. The number of halogens is 2. The monoisotopic (exact) mass is 484 g/mol. The highest BCUT2D eigenvalue weighted by Crippen LogP contribution is 2.54. The van der Waals surface area contributed by atoms with E-state index in [1.807, 2.05) is 12.4 Å². The van der Waals surface area contributed by atoms with Crippen LogP contribution in [0.15, 0.2) is 36.7 Å². The molecule has 3 aliphatic rings. The molecule has 2 heterocycles. The minimum atomic E-state index is -2.97. The van der Waals surface area contributed by atoms with Crippen molar-refractivity contribution in [1.82, 2.24) is 14.5 Å². The van der Waals surface area contributed by atoms with Gasteiger partial charge in [-0.15, -0.1) is 0 Å². The van der Waals surface area contributed by atoms with Crippen LogP contribution in [0.3, 0.4) is 0 Å². The Kier molecular flexibility index (Phi) is 6.51. The molecule has 1 saturated heterocycles. The number of nitrogens with zero attached hydrogens (tertiary/aromatic N) is 3. The third-order valence-electron chi connectivity index (χ3n) is 8.28. The molecule has 0 bridgehead atoms. The number of aryl methyl sites for hydroxylation is 1. The molecule has 2 aliphatic carbocycles. The number of hydrogen-bond donors (Lipinski definition) is 1. The van der Waals surface area contributed by atoms with Crippen LogP contribution in [-0.2, 0) is 22.6 Å². The van der Waals surface area contributed by atoms with Gasteiger partial charge in [-0.05, 0) is 49.7 Å². The Bertz CT molecular complexity index is 1070. The van der Waals surface area contributed by atoms with E-state index in [0.29, 0.717) is 29.5 Å². The molecule has 1 aromatic heterocycles. The first kappa shape index (κ1) is 24.1. The number of benzene rings is 1. The lowest BCUT2D eigenvalue weighted by Gasteiger charge is -2.35. The molecular weight excluding hydrogens is 450 g/mol. The van der Waals surface area contributed by atoms with Crippen LogP contribution in [-0.4, -0.2) is 45.3 Å². The lowest BCUT2D eigenvalue weighted by molar-refractivity contribution is -0.124. The second-order valence-electron chi connectivity index (χ2n) is 10.7. The highest BCUT2D eigenvalue weighted by molar-refractivity contribution is 5.94. The Labute approximate surface area is 205 Å². The minimum Gasteiger partial charge on any atom is -0.338 e. The number of piperidine rings is 1. The number of aromatic nitrogens is 2. The summed E-state index contributed by atoms with van der Waals surface area (Å²) in [5, 5.41) is 2.65.